The van der Waals surface area contributed by atoms with Crippen molar-refractivity contribution in [2.45, 2.75) is 31.2 Å². The molecule has 1 atom stereocenters. The number of carbonyl (C=O) groups is 1. The average molecular weight is 369 g/mol. The van der Waals surface area contributed by atoms with Crippen molar-refractivity contribution < 1.29 is 22.7 Å². The van der Waals surface area contributed by atoms with E-state index in [4.69, 9.17) is 4.74 Å². The first-order valence-electron chi connectivity index (χ1n) is 9.02. The third-order valence-electron chi connectivity index (χ3n) is 5.44. The molecule has 1 aromatic carbocycles. The zero-order valence-electron chi connectivity index (χ0n) is 14.4. The monoisotopic (exact) mass is 369 g/mol. The maximum atomic E-state index is 12.8. The summed E-state index contributed by atoms with van der Waals surface area (Å²) in [6.45, 7) is 4.40. The number of hydrogen-bond acceptors (Lipinski definition) is 3. The number of ether oxygens (including phenoxy) is 1. The highest BCUT2D eigenvalue weighted by Gasteiger charge is 2.39. The third kappa shape index (κ3) is 3.47. The Morgan fingerprint density at radius 1 is 1.08 bits per heavy atom. The Labute approximate surface area is 150 Å². The van der Waals surface area contributed by atoms with E-state index in [2.05, 4.69) is 4.90 Å². The number of alkyl halides is 3. The summed E-state index contributed by atoms with van der Waals surface area (Å²) in [6.07, 6.45) is -2.30. The van der Waals surface area contributed by atoms with Crippen LogP contribution in [0.3, 0.4) is 0 Å². The number of likely N-dealkylation sites (tertiary alicyclic amines) is 1. The first kappa shape index (κ1) is 17.5. The van der Waals surface area contributed by atoms with Crippen LogP contribution in [0.25, 0.3) is 0 Å². The van der Waals surface area contributed by atoms with Crippen LogP contribution in [0.1, 0.15) is 18.4 Å². The van der Waals surface area contributed by atoms with Gasteiger partial charge in [-0.1, -0.05) is 6.07 Å². The fourth-order valence-corrected chi connectivity index (χ4v) is 3.97. The lowest BCUT2D eigenvalue weighted by Crippen LogP contribution is -2.62. The molecule has 1 unspecified atom stereocenters. The number of carbonyl (C=O) groups excluding carboxylic acids is 1. The quantitative estimate of drug-likeness (QED) is 0.804. The predicted octanol–water partition coefficient (Wildman–Crippen LogP) is 2.67. The summed E-state index contributed by atoms with van der Waals surface area (Å²) in [4.78, 5) is 18.6. The molecule has 5 nitrogen and oxygen atoms in total. The van der Waals surface area contributed by atoms with Gasteiger partial charge in [0.05, 0.1) is 18.7 Å². The van der Waals surface area contributed by atoms with E-state index in [1.165, 1.54) is 18.6 Å². The Kier molecular flexibility index (Phi) is 4.46. The van der Waals surface area contributed by atoms with Crippen molar-refractivity contribution in [1.82, 2.24) is 14.7 Å². The van der Waals surface area contributed by atoms with Crippen molar-refractivity contribution in [3.05, 3.63) is 29.8 Å². The number of hydrogen-bond donors (Lipinski definition) is 0. The molecule has 0 aliphatic carbocycles. The maximum absolute atomic E-state index is 12.8. The van der Waals surface area contributed by atoms with Gasteiger partial charge in [-0.2, -0.15) is 13.2 Å². The molecule has 0 N–H and O–H groups in total. The molecule has 4 rings (SSSR count). The number of piperazine rings is 1. The smallest absolute Gasteiger partial charge is 0.416 e. The number of rotatable bonds is 2. The van der Waals surface area contributed by atoms with Gasteiger partial charge in [-0.05, 0) is 37.6 Å². The Bertz CT molecular complexity index is 676. The average Bonchev–Trinajstić information content (AvgIpc) is 3.04. The molecule has 26 heavy (non-hydrogen) atoms. The summed E-state index contributed by atoms with van der Waals surface area (Å²) in [7, 11) is 0. The molecule has 3 saturated heterocycles. The number of halogens is 3. The standard InChI is InChI=1S/C18H22F3N3O2/c19-18(20,21)13-3-1-5-15(9-13)26-16-11-24(12-16)17(25)23-8-7-22-6-2-4-14(22)10-23/h1,3,5,9,14,16H,2,4,6-8,10-12H2. The van der Waals surface area contributed by atoms with Crippen molar-refractivity contribution in [2.75, 3.05) is 39.3 Å². The highest BCUT2D eigenvalue weighted by Crippen LogP contribution is 2.32. The Morgan fingerprint density at radius 2 is 1.88 bits per heavy atom. The molecular formula is C18H22F3N3O2. The van der Waals surface area contributed by atoms with Crippen LogP contribution in [0.15, 0.2) is 24.3 Å². The summed E-state index contributed by atoms with van der Waals surface area (Å²) in [5, 5.41) is 0. The summed E-state index contributed by atoms with van der Waals surface area (Å²) in [5.74, 6) is 0.191. The van der Waals surface area contributed by atoms with Crippen molar-refractivity contribution >= 4 is 6.03 Å². The Morgan fingerprint density at radius 3 is 2.65 bits per heavy atom. The number of amides is 2. The van der Waals surface area contributed by atoms with Crippen LogP contribution >= 0.6 is 0 Å². The molecule has 0 radical (unpaired) electrons. The van der Waals surface area contributed by atoms with Gasteiger partial charge < -0.3 is 14.5 Å². The second-order valence-corrected chi connectivity index (χ2v) is 7.23. The van der Waals surface area contributed by atoms with E-state index in [0.29, 0.717) is 19.1 Å². The van der Waals surface area contributed by atoms with Gasteiger partial charge in [-0.3, -0.25) is 4.90 Å². The van der Waals surface area contributed by atoms with Crippen molar-refractivity contribution in [1.29, 1.82) is 0 Å². The van der Waals surface area contributed by atoms with Gasteiger partial charge >= 0.3 is 12.2 Å². The molecular weight excluding hydrogens is 347 g/mol. The molecule has 3 aliphatic heterocycles. The van der Waals surface area contributed by atoms with Gasteiger partial charge in [0.2, 0.25) is 0 Å². The van der Waals surface area contributed by atoms with Gasteiger partial charge in [-0.25, -0.2) is 4.79 Å². The number of nitrogens with zero attached hydrogens (tertiary/aromatic N) is 3. The van der Waals surface area contributed by atoms with Gasteiger partial charge in [0.1, 0.15) is 11.9 Å². The first-order chi connectivity index (χ1) is 12.4. The fraction of sp³-hybridized carbons (Fsp3) is 0.611. The molecule has 3 fully saturated rings. The minimum atomic E-state index is -4.39. The van der Waals surface area contributed by atoms with E-state index < -0.39 is 11.7 Å². The first-order valence-corrected chi connectivity index (χ1v) is 9.02. The summed E-state index contributed by atoms with van der Waals surface area (Å²) >= 11 is 0. The molecule has 142 valence electrons. The fourth-order valence-electron chi connectivity index (χ4n) is 3.97. The second kappa shape index (κ2) is 6.64. The van der Waals surface area contributed by atoms with E-state index >= 15 is 0 Å². The van der Waals surface area contributed by atoms with Crippen LogP contribution in [0.4, 0.5) is 18.0 Å². The minimum absolute atomic E-state index is 0.0143. The third-order valence-corrected chi connectivity index (χ3v) is 5.44. The van der Waals surface area contributed by atoms with E-state index in [-0.39, 0.29) is 17.9 Å². The van der Waals surface area contributed by atoms with Crippen LogP contribution < -0.4 is 4.74 Å². The molecule has 3 aliphatic rings. The van der Waals surface area contributed by atoms with E-state index in [9.17, 15) is 18.0 Å². The van der Waals surface area contributed by atoms with Gasteiger partial charge in [0.15, 0.2) is 0 Å². The summed E-state index contributed by atoms with van der Waals surface area (Å²) in [5.41, 5.74) is -0.725. The van der Waals surface area contributed by atoms with Crippen LogP contribution in [-0.2, 0) is 6.18 Å². The van der Waals surface area contributed by atoms with Crippen LogP contribution in [0.5, 0.6) is 5.75 Å². The normalized spacial score (nSPS) is 24.3. The molecule has 3 heterocycles. The van der Waals surface area contributed by atoms with Crippen LogP contribution in [0.2, 0.25) is 0 Å². The topological polar surface area (TPSA) is 36.0 Å². The SMILES string of the molecule is O=C(N1CC(Oc2cccc(C(F)(F)F)c2)C1)N1CCN2CCCC2C1. The number of urea groups is 1. The molecule has 8 heteroatoms. The van der Waals surface area contributed by atoms with Gasteiger partial charge in [-0.15, -0.1) is 0 Å². The molecule has 0 spiro atoms. The van der Waals surface area contributed by atoms with Gasteiger partial charge in [0.25, 0.3) is 0 Å². The highest BCUT2D eigenvalue weighted by molar-refractivity contribution is 5.75. The van der Waals surface area contributed by atoms with Crippen LogP contribution in [-0.4, -0.2) is 72.1 Å². The Balaban J connectivity index is 1.28. The summed E-state index contributed by atoms with van der Waals surface area (Å²) < 4.78 is 43.9. The lowest BCUT2D eigenvalue weighted by atomic mass is 10.1. The zero-order chi connectivity index (χ0) is 18.3. The summed E-state index contributed by atoms with van der Waals surface area (Å²) in [6, 6.07) is 5.36. The van der Waals surface area contributed by atoms with E-state index in [1.54, 1.807) is 4.90 Å². The molecule has 2 amide bonds. The maximum Gasteiger partial charge on any atom is 0.416 e. The van der Waals surface area contributed by atoms with Gasteiger partial charge in [0, 0.05) is 25.7 Å². The lowest BCUT2D eigenvalue weighted by Gasteiger charge is -2.44. The predicted molar refractivity (Wildman–Crippen MR) is 89.0 cm³/mol. The van der Waals surface area contributed by atoms with Crippen molar-refractivity contribution in [3.63, 3.8) is 0 Å². The molecule has 0 saturated carbocycles. The Hall–Kier alpha value is -1.96. The zero-order valence-corrected chi connectivity index (χ0v) is 14.4. The minimum Gasteiger partial charge on any atom is -0.487 e. The van der Waals surface area contributed by atoms with Crippen molar-refractivity contribution in [2.24, 2.45) is 0 Å². The van der Waals surface area contributed by atoms with Crippen molar-refractivity contribution in [3.8, 4) is 5.75 Å². The number of benzene rings is 1. The molecule has 0 aromatic heterocycles. The van der Waals surface area contributed by atoms with Crippen LogP contribution in [0, 0.1) is 0 Å². The van der Waals surface area contributed by atoms with E-state index in [0.717, 1.165) is 44.7 Å². The highest BCUT2D eigenvalue weighted by atomic mass is 19.4. The molecule has 1 aromatic rings. The lowest BCUT2D eigenvalue weighted by molar-refractivity contribution is -0.137. The number of fused-ring (bicyclic) bond motifs is 1. The molecule has 0 bridgehead atoms. The second-order valence-electron chi connectivity index (χ2n) is 7.23. The largest absolute Gasteiger partial charge is 0.487 e. The van der Waals surface area contributed by atoms with E-state index in [1.807, 2.05) is 4.90 Å².